The molecule has 0 saturated carbocycles. The number of urea groups is 1. The molecule has 0 aliphatic carbocycles. The Morgan fingerprint density at radius 1 is 1.11 bits per heavy atom. The normalized spacial score (nSPS) is 19.0. The minimum Gasteiger partial charge on any atom is -0.319 e. The van der Waals surface area contributed by atoms with E-state index in [0.29, 0.717) is 28.0 Å². The van der Waals surface area contributed by atoms with E-state index in [9.17, 15) is 9.59 Å². The first kappa shape index (κ1) is 17.6. The maximum Gasteiger partial charge on any atom is 0.325 e. The van der Waals surface area contributed by atoms with Crippen LogP contribution in [0, 0.1) is 18.3 Å². The first-order valence-electron chi connectivity index (χ1n) is 8.79. The minimum absolute atomic E-state index is 0.0296. The van der Waals surface area contributed by atoms with E-state index < -0.39 is 11.6 Å². The Balaban J connectivity index is 1.68. The van der Waals surface area contributed by atoms with Crippen LogP contribution in [0.15, 0.2) is 48.5 Å². The molecule has 3 amide bonds. The smallest absolute Gasteiger partial charge is 0.319 e. The third-order valence-corrected chi connectivity index (χ3v) is 4.99. The van der Waals surface area contributed by atoms with E-state index in [4.69, 9.17) is 5.26 Å². The van der Waals surface area contributed by atoms with Gasteiger partial charge in [-0.05, 0) is 43.7 Å². The number of benzene rings is 2. The Morgan fingerprint density at radius 3 is 2.54 bits per heavy atom. The Labute approximate surface area is 161 Å². The fraction of sp³-hybridized carbons (Fsp3) is 0.190. The van der Waals surface area contributed by atoms with Gasteiger partial charge in [0.1, 0.15) is 5.54 Å². The quantitative estimate of drug-likeness (QED) is 0.714. The number of hydrogen-bond donors (Lipinski definition) is 1. The summed E-state index contributed by atoms with van der Waals surface area (Å²) in [6.45, 7) is 3.48. The largest absolute Gasteiger partial charge is 0.325 e. The molecule has 4 rings (SSSR count). The van der Waals surface area contributed by atoms with Crippen molar-refractivity contribution in [1.29, 1.82) is 5.26 Å². The number of imide groups is 1. The van der Waals surface area contributed by atoms with Gasteiger partial charge in [-0.3, -0.25) is 9.69 Å². The van der Waals surface area contributed by atoms with Gasteiger partial charge in [-0.2, -0.15) is 5.26 Å². The van der Waals surface area contributed by atoms with Crippen molar-refractivity contribution in [3.05, 3.63) is 71.0 Å². The second-order valence-corrected chi connectivity index (χ2v) is 6.88. The zero-order valence-corrected chi connectivity index (χ0v) is 15.4. The Bertz CT molecular complexity index is 1170. The van der Waals surface area contributed by atoms with Gasteiger partial charge in [-0.25, -0.2) is 14.8 Å². The number of aromatic nitrogens is 2. The maximum atomic E-state index is 13.1. The van der Waals surface area contributed by atoms with Crippen molar-refractivity contribution >= 4 is 23.0 Å². The molecule has 0 spiro atoms. The van der Waals surface area contributed by atoms with Crippen molar-refractivity contribution in [3.63, 3.8) is 0 Å². The molecule has 138 valence electrons. The number of fused-ring (bicyclic) bond motifs is 1. The van der Waals surface area contributed by atoms with Crippen molar-refractivity contribution in [1.82, 2.24) is 20.2 Å². The molecular weight excluding hydrogens is 354 g/mol. The summed E-state index contributed by atoms with van der Waals surface area (Å²) in [6, 6.07) is 15.7. The van der Waals surface area contributed by atoms with Crippen LogP contribution in [0.5, 0.6) is 0 Å². The summed E-state index contributed by atoms with van der Waals surface area (Å²) in [5.74, 6) is -0.387. The van der Waals surface area contributed by atoms with E-state index in [1.807, 2.05) is 31.2 Å². The van der Waals surface area contributed by atoms with Crippen molar-refractivity contribution in [2.75, 3.05) is 0 Å². The number of nitrogens with zero attached hydrogens (tertiary/aromatic N) is 4. The van der Waals surface area contributed by atoms with Crippen LogP contribution in [0.3, 0.4) is 0 Å². The van der Waals surface area contributed by atoms with Crippen LogP contribution in [-0.2, 0) is 16.9 Å². The lowest BCUT2D eigenvalue weighted by Gasteiger charge is -2.22. The highest BCUT2D eigenvalue weighted by atomic mass is 16.2. The van der Waals surface area contributed by atoms with Crippen LogP contribution in [0.25, 0.3) is 11.0 Å². The molecule has 1 atom stereocenters. The number of amides is 3. The molecule has 1 saturated heterocycles. The summed E-state index contributed by atoms with van der Waals surface area (Å²) >= 11 is 0. The summed E-state index contributed by atoms with van der Waals surface area (Å²) < 4.78 is 0. The molecule has 0 radical (unpaired) electrons. The molecule has 0 bridgehead atoms. The van der Waals surface area contributed by atoms with Gasteiger partial charge in [0.2, 0.25) is 0 Å². The van der Waals surface area contributed by atoms with Gasteiger partial charge < -0.3 is 5.32 Å². The summed E-state index contributed by atoms with van der Waals surface area (Å²) in [6.07, 6.45) is 0. The zero-order chi connectivity index (χ0) is 19.9. The number of nitrogens with one attached hydrogen (secondary N) is 1. The van der Waals surface area contributed by atoms with E-state index in [1.54, 1.807) is 31.2 Å². The average Bonchev–Trinajstić information content (AvgIpc) is 2.92. The Kier molecular flexibility index (Phi) is 4.04. The molecule has 7 nitrogen and oxygen atoms in total. The third-order valence-electron chi connectivity index (χ3n) is 4.99. The number of rotatable bonds is 3. The van der Waals surface area contributed by atoms with Crippen molar-refractivity contribution < 1.29 is 9.59 Å². The Morgan fingerprint density at radius 2 is 1.82 bits per heavy atom. The second kappa shape index (κ2) is 6.43. The highest BCUT2D eigenvalue weighted by Gasteiger charge is 2.49. The molecular formula is C21H17N5O2. The second-order valence-electron chi connectivity index (χ2n) is 6.88. The van der Waals surface area contributed by atoms with Gasteiger partial charge in [-0.15, -0.1) is 0 Å². The molecule has 1 unspecified atom stereocenters. The van der Waals surface area contributed by atoms with Crippen LogP contribution >= 0.6 is 0 Å². The van der Waals surface area contributed by atoms with Gasteiger partial charge in [0, 0.05) is 0 Å². The van der Waals surface area contributed by atoms with Gasteiger partial charge in [0.15, 0.2) is 0 Å². The van der Waals surface area contributed by atoms with Crippen LogP contribution in [-0.4, -0.2) is 26.8 Å². The molecule has 28 heavy (non-hydrogen) atoms. The number of carbonyl (C=O) groups is 2. The zero-order valence-electron chi connectivity index (χ0n) is 15.4. The third kappa shape index (κ3) is 2.76. The summed E-state index contributed by atoms with van der Waals surface area (Å²) in [5.41, 5.74) is 2.46. The topological polar surface area (TPSA) is 99.0 Å². The first-order valence-corrected chi connectivity index (χ1v) is 8.79. The number of hydrogen-bond acceptors (Lipinski definition) is 5. The fourth-order valence-corrected chi connectivity index (χ4v) is 3.36. The summed E-state index contributed by atoms with van der Waals surface area (Å²) in [5, 5.41) is 11.9. The molecule has 1 aliphatic heterocycles. The summed E-state index contributed by atoms with van der Waals surface area (Å²) in [4.78, 5) is 36.0. The monoisotopic (exact) mass is 371 g/mol. The van der Waals surface area contributed by atoms with Crippen LogP contribution in [0.4, 0.5) is 4.79 Å². The lowest BCUT2D eigenvalue weighted by atomic mass is 9.91. The number of nitriles is 1. The van der Waals surface area contributed by atoms with Crippen molar-refractivity contribution in [2.45, 2.75) is 25.9 Å². The van der Waals surface area contributed by atoms with Crippen molar-refractivity contribution in [3.8, 4) is 6.07 Å². The summed E-state index contributed by atoms with van der Waals surface area (Å²) in [7, 11) is 0. The molecule has 1 N–H and O–H groups in total. The van der Waals surface area contributed by atoms with Crippen LogP contribution in [0.2, 0.25) is 0 Å². The van der Waals surface area contributed by atoms with E-state index in [0.717, 1.165) is 10.4 Å². The predicted molar refractivity (Wildman–Crippen MR) is 102 cm³/mol. The Hall–Kier alpha value is -3.79. The molecule has 1 aliphatic rings. The van der Waals surface area contributed by atoms with Gasteiger partial charge in [-0.1, -0.05) is 24.3 Å². The minimum atomic E-state index is -1.23. The highest BCUT2D eigenvalue weighted by Crippen LogP contribution is 2.30. The van der Waals surface area contributed by atoms with E-state index >= 15 is 0 Å². The molecule has 2 heterocycles. The molecule has 2 aromatic carbocycles. The molecule has 7 heteroatoms. The molecule has 1 aromatic heterocycles. The number of aryl methyl sites for hydroxylation is 1. The van der Waals surface area contributed by atoms with Crippen molar-refractivity contribution in [2.24, 2.45) is 0 Å². The van der Waals surface area contributed by atoms with Crippen LogP contribution < -0.4 is 5.32 Å². The van der Waals surface area contributed by atoms with Crippen LogP contribution in [0.1, 0.15) is 29.4 Å². The SMILES string of the molecule is Cc1nc2ccccc2nc1CN1C(=O)NC(C)(c2cccc(C#N)c2)C1=O. The van der Waals surface area contributed by atoms with E-state index in [2.05, 4.69) is 21.4 Å². The van der Waals surface area contributed by atoms with E-state index in [-0.39, 0.29) is 12.5 Å². The number of carbonyl (C=O) groups excluding carboxylic acids is 2. The van der Waals surface area contributed by atoms with Gasteiger partial charge >= 0.3 is 6.03 Å². The van der Waals surface area contributed by atoms with Gasteiger partial charge in [0.25, 0.3) is 5.91 Å². The predicted octanol–water partition coefficient (Wildman–Crippen LogP) is 2.78. The highest BCUT2D eigenvalue weighted by molar-refractivity contribution is 6.07. The van der Waals surface area contributed by atoms with E-state index in [1.165, 1.54) is 0 Å². The lowest BCUT2D eigenvalue weighted by Crippen LogP contribution is -2.40. The molecule has 1 fully saturated rings. The standard InChI is InChI=1S/C21H17N5O2/c1-13-18(24-17-9-4-3-8-16(17)23-13)12-26-19(27)21(2,25-20(26)28)15-7-5-6-14(10-15)11-22/h3-10H,12H2,1-2H3,(H,25,28). The maximum absolute atomic E-state index is 13.1. The molecule has 3 aromatic rings. The number of para-hydroxylation sites is 2. The lowest BCUT2D eigenvalue weighted by molar-refractivity contribution is -0.131. The fourth-order valence-electron chi connectivity index (χ4n) is 3.36. The first-order chi connectivity index (χ1) is 13.4. The van der Waals surface area contributed by atoms with Gasteiger partial charge in [0.05, 0.1) is 40.6 Å². The average molecular weight is 371 g/mol.